The summed E-state index contributed by atoms with van der Waals surface area (Å²) in [5.74, 6) is 0. The first-order chi connectivity index (χ1) is 9.47. The number of nitrogens with one attached hydrogen (secondary N) is 1. The monoisotopic (exact) mass is 298 g/mol. The third-order valence-corrected chi connectivity index (χ3v) is 4.93. The molecular weight excluding hydrogens is 276 g/mol. The fourth-order valence-electron chi connectivity index (χ4n) is 2.26. The SMILES string of the molecule is Cc1ccc(S(=O)(=O)NC(C)CN2CCOCC2)cc1. The molecule has 0 radical (unpaired) electrons. The quantitative estimate of drug-likeness (QED) is 0.881. The van der Waals surface area contributed by atoms with E-state index in [0.717, 1.165) is 31.9 Å². The normalized spacial score (nSPS) is 18.9. The Balaban J connectivity index is 1.95. The van der Waals surface area contributed by atoms with Crippen molar-refractivity contribution in [2.24, 2.45) is 0 Å². The number of benzene rings is 1. The minimum absolute atomic E-state index is 0.126. The van der Waals surface area contributed by atoms with Gasteiger partial charge in [-0.2, -0.15) is 0 Å². The van der Waals surface area contributed by atoms with Crippen LogP contribution in [0.3, 0.4) is 0 Å². The summed E-state index contributed by atoms with van der Waals surface area (Å²) in [4.78, 5) is 2.53. The predicted octanol–water partition coefficient (Wildman–Crippen LogP) is 0.994. The number of aryl methyl sites for hydroxylation is 1. The van der Waals surface area contributed by atoms with Gasteiger partial charge >= 0.3 is 0 Å². The molecule has 0 spiro atoms. The lowest BCUT2D eigenvalue weighted by atomic mass is 10.2. The first-order valence-corrected chi connectivity index (χ1v) is 8.35. The molecule has 1 unspecified atom stereocenters. The fraction of sp³-hybridized carbons (Fsp3) is 0.571. The van der Waals surface area contributed by atoms with E-state index in [9.17, 15) is 8.42 Å². The van der Waals surface area contributed by atoms with Gasteiger partial charge in [-0.3, -0.25) is 4.90 Å². The van der Waals surface area contributed by atoms with Crippen LogP contribution >= 0.6 is 0 Å². The summed E-state index contributed by atoms with van der Waals surface area (Å²) < 4.78 is 32.5. The summed E-state index contributed by atoms with van der Waals surface area (Å²) in [5.41, 5.74) is 1.05. The molecule has 0 aliphatic carbocycles. The van der Waals surface area contributed by atoms with E-state index in [1.54, 1.807) is 24.3 Å². The van der Waals surface area contributed by atoms with Gasteiger partial charge < -0.3 is 4.74 Å². The standard InChI is InChI=1S/C14H22N2O3S/c1-12-3-5-14(6-4-12)20(17,18)15-13(2)11-16-7-9-19-10-8-16/h3-6,13,15H,7-11H2,1-2H3. The van der Waals surface area contributed by atoms with Gasteiger partial charge in [0, 0.05) is 25.7 Å². The number of ether oxygens (including phenoxy) is 1. The molecule has 5 nitrogen and oxygen atoms in total. The molecule has 112 valence electrons. The van der Waals surface area contributed by atoms with Crippen LogP contribution in [-0.2, 0) is 14.8 Å². The van der Waals surface area contributed by atoms with Gasteiger partial charge in [-0.15, -0.1) is 0 Å². The Labute approximate surface area is 121 Å². The molecule has 1 aliphatic rings. The molecule has 0 bridgehead atoms. The summed E-state index contributed by atoms with van der Waals surface area (Å²) in [6, 6.07) is 6.76. The highest BCUT2D eigenvalue weighted by Gasteiger charge is 2.20. The largest absolute Gasteiger partial charge is 0.379 e. The maximum absolute atomic E-state index is 12.2. The summed E-state index contributed by atoms with van der Waals surface area (Å²) in [6.45, 7) is 7.68. The highest BCUT2D eigenvalue weighted by atomic mass is 32.2. The molecule has 1 fully saturated rings. The molecule has 2 rings (SSSR count). The van der Waals surface area contributed by atoms with Crippen molar-refractivity contribution in [1.29, 1.82) is 0 Å². The minimum Gasteiger partial charge on any atom is -0.379 e. The van der Waals surface area contributed by atoms with E-state index in [1.807, 2.05) is 13.8 Å². The molecule has 6 heteroatoms. The van der Waals surface area contributed by atoms with Gasteiger partial charge in [0.2, 0.25) is 10.0 Å². The smallest absolute Gasteiger partial charge is 0.240 e. The van der Waals surface area contributed by atoms with E-state index in [0.29, 0.717) is 11.4 Å². The molecule has 1 heterocycles. The van der Waals surface area contributed by atoms with Gasteiger partial charge in [-0.05, 0) is 26.0 Å². The summed E-state index contributed by atoms with van der Waals surface area (Å²) in [6.07, 6.45) is 0. The van der Waals surface area contributed by atoms with Gasteiger partial charge in [0.1, 0.15) is 0 Å². The number of hydrogen-bond acceptors (Lipinski definition) is 4. The van der Waals surface area contributed by atoms with Crippen molar-refractivity contribution >= 4 is 10.0 Å². The van der Waals surface area contributed by atoms with Gasteiger partial charge in [0.15, 0.2) is 0 Å². The van der Waals surface area contributed by atoms with Gasteiger partial charge in [0.25, 0.3) is 0 Å². The highest BCUT2D eigenvalue weighted by Crippen LogP contribution is 2.11. The van der Waals surface area contributed by atoms with Crippen LogP contribution in [0.25, 0.3) is 0 Å². The van der Waals surface area contributed by atoms with E-state index in [1.165, 1.54) is 0 Å². The van der Waals surface area contributed by atoms with Crippen LogP contribution in [0.15, 0.2) is 29.2 Å². The number of sulfonamides is 1. The molecule has 1 saturated heterocycles. The summed E-state index contributed by atoms with van der Waals surface area (Å²) in [5, 5.41) is 0. The van der Waals surface area contributed by atoms with Gasteiger partial charge in [-0.25, -0.2) is 13.1 Å². The van der Waals surface area contributed by atoms with E-state index >= 15 is 0 Å². The van der Waals surface area contributed by atoms with Crippen molar-refractivity contribution < 1.29 is 13.2 Å². The zero-order valence-electron chi connectivity index (χ0n) is 12.0. The summed E-state index contributed by atoms with van der Waals surface area (Å²) >= 11 is 0. The maximum atomic E-state index is 12.2. The Bertz CT molecular complexity index is 522. The molecule has 20 heavy (non-hydrogen) atoms. The van der Waals surface area contributed by atoms with Crippen molar-refractivity contribution in [3.8, 4) is 0 Å². The first kappa shape index (κ1) is 15.4. The Morgan fingerprint density at radius 1 is 1.25 bits per heavy atom. The molecule has 1 aromatic carbocycles. The zero-order valence-corrected chi connectivity index (χ0v) is 12.8. The van der Waals surface area contributed by atoms with Crippen LogP contribution < -0.4 is 4.72 Å². The number of hydrogen-bond donors (Lipinski definition) is 1. The second-order valence-electron chi connectivity index (χ2n) is 5.25. The Kier molecular flexibility index (Phi) is 5.15. The van der Waals surface area contributed by atoms with Crippen molar-refractivity contribution in [3.05, 3.63) is 29.8 Å². The second kappa shape index (κ2) is 6.67. The lowest BCUT2D eigenvalue weighted by Gasteiger charge is -2.29. The molecule has 1 aliphatic heterocycles. The molecule has 0 amide bonds. The average molecular weight is 298 g/mol. The van der Waals surface area contributed by atoms with Crippen molar-refractivity contribution in [1.82, 2.24) is 9.62 Å². The third-order valence-electron chi connectivity index (χ3n) is 3.32. The predicted molar refractivity (Wildman–Crippen MR) is 78.2 cm³/mol. The van der Waals surface area contributed by atoms with E-state index < -0.39 is 10.0 Å². The molecular formula is C14H22N2O3S. The van der Waals surface area contributed by atoms with E-state index in [4.69, 9.17) is 4.74 Å². The zero-order chi connectivity index (χ0) is 14.6. The Morgan fingerprint density at radius 3 is 2.45 bits per heavy atom. The van der Waals surface area contributed by atoms with Gasteiger partial charge in [0.05, 0.1) is 18.1 Å². The van der Waals surface area contributed by atoms with Crippen molar-refractivity contribution in [2.45, 2.75) is 24.8 Å². The molecule has 0 saturated carbocycles. The lowest BCUT2D eigenvalue weighted by Crippen LogP contribution is -2.45. The Morgan fingerprint density at radius 2 is 1.85 bits per heavy atom. The van der Waals surface area contributed by atoms with Crippen LogP contribution in [0.1, 0.15) is 12.5 Å². The summed E-state index contributed by atoms with van der Waals surface area (Å²) in [7, 11) is -3.43. The molecule has 1 N–H and O–H groups in total. The van der Waals surface area contributed by atoms with Crippen LogP contribution in [0.2, 0.25) is 0 Å². The lowest BCUT2D eigenvalue weighted by molar-refractivity contribution is 0.0354. The average Bonchev–Trinajstić information content (AvgIpc) is 2.39. The third kappa shape index (κ3) is 4.28. The number of nitrogens with zero attached hydrogens (tertiary/aromatic N) is 1. The number of morpholine rings is 1. The first-order valence-electron chi connectivity index (χ1n) is 6.86. The van der Waals surface area contributed by atoms with Crippen LogP contribution in [0, 0.1) is 6.92 Å². The molecule has 0 aromatic heterocycles. The van der Waals surface area contributed by atoms with Crippen LogP contribution in [0.5, 0.6) is 0 Å². The second-order valence-corrected chi connectivity index (χ2v) is 6.96. The van der Waals surface area contributed by atoms with Crippen molar-refractivity contribution in [3.63, 3.8) is 0 Å². The topological polar surface area (TPSA) is 58.6 Å². The highest BCUT2D eigenvalue weighted by molar-refractivity contribution is 7.89. The van der Waals surface area contributed by atoms with Crippen LogP contribution in [0.4, 0.5) is 0 Å². The molecule has 1 aromatic rings. The number of rotatable bonds is 5. The maximum Gasteiger partial charge on any atom is 0.240 e. The molecule has 1 atom stereocenters. The van der Waals surface area contributed by atoms with Crippen LogP contribution in [-0.4, -0.2) is 52.2 Å². The van der Waals surface area contributed by atoms with Crippen molar-refractivity contribution in [2.75, 3.05) is 32.8 Å². The minimum atomic E-state index is -3.43. The van der Waals surface area contributed by atoms with E-state index in [2.05, 4.69) is 9.62 Å². The fourth-order valence-corrected chi connectivity index (χ4v) is 3.49. The Hall–Kier alpha value is -0.950. The van der Waals surface area contributed by atoms with Gasteiger partial charge in [-0.1, -0.05) is 17.7 Å². The van der Waals surface area contributed by atoms with E-state index in [-0.39, 0.29) is 6.04 Å².